The maximum Gasteiger partial charge on any atom is 0.175 e. The van der Waals surface area contributed by atoms with Gasteiger partial charge in [0.1, 0.15) is 11.5 Å². The van der Waals surface area contributed by atoms with Crippen LogP contribution in [0.5, 0.6) is 11.5 Å². The summed E-state index contributed by atoms with van der Waals surface area (Å²) in [5.41, 5.74) is 0.809. The molecule has 0 heterocycles. The minimum absolute atomic E-state index is 0.244. The third-order valence-corrected chi connectivity index (χ3v) is 4.30. The van der Waals surface area contributed by atoms with E-state index in [0.29, 0.717) is 22.4 Å². The molecule has 0 bridgehead atoms. The Bertz CT molecular complexity index is 710. The highest BCUT2D eigenvalue weighted by atomic mass is 35.5. The SMILES string of the molecule is CS(=O)(=O)c1ccc(Oc2cc(Cl)ccc2CCl)cc1. The first-order chi connectivity index (χ1) is 9.40. The van der Waals surface area contributed by atoms with E-state index >= 15 is 0 Å². The molecule has 20 heavy (non-hydrogen) atoms. The summed E-state index contributed by atoms with van der Waals surface area (Å²) in [6, 6.07) is 11.4. The predicted molar refractivity (Wildman–Crippen MR) is 80.6 cm³/mol. The lowest BCUT2D eigenvalue weighted by atomic mass is 10.2. The molecule has 6 heteroatoms. The average molecular weight is 331 g/mol. The van der Waals surface area contributed by atoms with E-state index in [0.717, 1.165) is 11.8 Å². The molecule has 0 saturated carbocycles. The van der Waals surface area contributed by atoms with Gasteiger partial charge in [-0.05, 0) is 36.4 Å². The number of sulfone groups is 1. The van der Waals surface area contributed by atoms with Crippen molar-refractivity contribution in [2.45, 2.75) is 10.8 Å². The van der Waals surface area contributed by atoms with Gasteiger partial charge < -0.3 is 4.74 Å². The molecule has 0 atom stereocenters. The van der Waals surface area contributed by atoms with Crippen LogP contribution in [0.2, 0.25) is 5.02 Å². The molecule has 0 N–H and O–H groups in total. The van der Waals surface area contributed by atoms with Crippen LogP contribution in [0.15, 0.2) is 47.4 Å². The van der Waals surface area contributed by atoms with Crippen molar-refractivity contribution in [1.29, 1.82) is 0 Å². The molecule has 3 nitrogen and oxygen atoms in total. The fourth-order valence-corrected chi connectivity index (χ4v) is 2.63. The predicted octanol–water partition coefficient (Wildman–Crippen LogP) is 4.27. The van der Waals surface area contributed by atoms with Gasteiger partial charge in [-0.2, -0.15) is 0 Å². The second-order valence-electron chi connectivity index (χ2n) is 4.23. The van der Waals surface area contributed by atoms with Crippen LogP contribution >= 0.6 is 23.2 Å². The number of halogens is 2. The van der Waals surface area contributed by atoms with Gasteiger partial charge in [0.15, 0.2) is 9.84 Å². The van der Waals surface area contributed by atoms with Gasteiger partial charge in [-0.15, -0.1) is 11.6 Å². The van der Waals surface area contributed by atoms with E-state index in [1.54, 1.807) is 30.3 Å². The van der Waals surface area contributed by atoms with Gasteiger partial charge in [-0.1, -0.05) is 17.7 Å². The fraction of sp³-hybridized carbons (Fsp3) is 0.143. The molecule has 2 rings (SSSR count). The summed E-state index contributed by atoms with van der Waals surface area (Å²) < 4.78 is 28.4. The summed E-state index contributed by atoms with van der Waals surface area (Å²) in [4.78, 5) is 0.244. The quantitative estimate of drug-likeness (QED) is 0.786. The molecule has 0 aliphatic rings. The Morgan fingerprint density at radius 2 is 1.75 bits per heavy atom. The fourth-order valence-electron chi connectivity index (χ4n) is 1.62. The van der Waals surface area contributed by atoms with Crippen molar-refractivity contribution in [1.82, 2.24) is 0 Å². The first-order valence-corrected chi connectivity index (χ1v) is 8.53. The Hall–Kier alpha value is -1.23. The van der Waals surface area contributed by atoms with Gasteiger partial charge in [0, 0.05) is 16.8 Å². The normalized spacial score (nSPS) is 11.3. The summed E-state index contributed by atoms with van der Waals surface area (Å²) in [6.07, 6.45) is 1.16. The van der Waals surface area contributed by atoms with Gasteiger partial charge in [0.05, 0.1) is 10.8 Å². The van der Waals surface area contributed by atoms with E-state index in [1.807, 2.05) is 0 Å². The highest BCUT2D eigenvalue weighted by Crippen LogP contribution is 2.30. The lowest BCUT2D eigenvalue weighted by Gasteiger charge is -2.10. The lowest BCUT2D eigenvalue weighted by molar-refractivity contribution is 0.478. The van der Waals surface area contributed by atoms with E-state index in [9.17, 15) is 8.42 Å². The van der Waals surface area contributed by atoms with Crippen LogP contribution < -0.4 is 4.74 Å². The Balaban J connectivity index is 2.29. The molecule has 0 spiro atoms. The Morgan fingerprint density at radius 3 is 2.30 bits per heavy atom. The van der Waals surface area contributed by atoms with Crippen molar-refractivity contribution in [2.75, 3.05) is 6.26 Å². The van der Waals surface area contributed by atoms with Crippen LogP contribution in [-0.2, 0) is 15.7 Å². The summed E-state index contributed by atoms with van der Waals surface area (Å²) >= 11 is 11.8. The van der Waals surface area contributed by atoms with Gasteiger partial charge in [-0.25, -0.2) is 8.42 Å². The molecule has 0 unspecified atom stereocenters. The van der Waals surface area contributed by atoms with Crippen molar-refractivity contribution < 1.29 is 13.2 Å². The Labute approximate surface area is 128 Å². The second-order valence-corrected chi connectivity index (χ2v) is 6.95. The van der Waals surface area contributed by atoms with Crippen LogP contribution in [0.3, 0.4) is 0 Å². The molecule has 0 radical (unpaired) electrons. The van der Waals surface area contributed by atoms with Gasteiger partial charge in [0.2, 0.25) is 0 Å². The maximum absolute atomic E-state index is 11.4. The van der Waals surface area contributed by atoms with Crippen molar-refractivity contribution in [2.24, 2.45) is 0 Å². The van der Waals surface area contributed by atoms with E-state index in [2.05, 4.69) is 0 Å². The molecule has 0 aliphatic carbocycles. The smallest absolute Gasteiger partial charge is 0.175 e. The van der Waals surface area contributed by atoms with Crippen LogP contribution in [0.1, 0.15) is 5.56 Å². The number of ether oxygens (including phenoxy) is 1. The lowest BCUT2D eigenvalue weighted by Crippen LogP contribution is -1.96. The first kappa shape index (κ1) is 15.2. The minimum Gasteiger partial charge on any atom is -0.457 e. The molecule has 0 aliphatic heterocycles. The molecule has 106 valence electrons. The molecule has 2 aromatic rings. The maximum atomic E-state index is 11.4. The third-order valence-electron chi connectivity index (χ3n) is 2.65. The molecule has 0 fully saturated rings. The topological polar surface area (TPSA) is 43.4 Å². The Morgan fingerprint density at radius 1 is 1.10 bits per heavy atom. The molecule has 0 amide bonds. The van der Waals surface area contributed by atoms with E-state index in [4.69, 9.17) is 27.9 Å². The van der Waals surface area contributed by atoms with Gasteiger partial charge in [-0.3, -0.25) is 0 Å². The van der Waals surface area contributed by atoms with Crippen LogP contribution in [0.4, 0.5) is 0 Å². The summed E-state index contributed by atoms with van der Waals surface area (Å²) in [5.74, 6) is 1.37. The van der Waals surface area contributed by atoms with Crippen LogP contribution in [0.25, 0.3) is 0 Å². The van der Waals surface area contributed by atoms with Crippen LogP contribution in [-0.4, -0.2) is 14.7 Å². The highest BCUT2D eigenvalue weighted by molar-refractivity contribution is 7.90. The van der Waals surface area contributed by atoms with Gasteiger partial charge >= 0.3 is 0 Å². The van der Waals surface area contributed by atoms with Crippen molar-refractivity contribution in [3.05, 3.63) is 53.1 Å². The van der Waals surface area contributed by atoms with E-state index in [1.165, 1.54) is 12.1 Å². The summed E-state index contributed by atoms with van der Waals surface area (Å²) in [7, 11) is -3.21. The summed E-state index contributed by atoms with van der Waals surface area (Å²) in [6.45, 7) is 0. The molecule has 0 saturated heterocycles. The van der Waals surface area contributed by atoms with Gasteiger partial charge in [0.25, 0.3) is 0 Å². The number of rotatable bonds is 4. The largest absolute Gasteiger partial charge is 0.457 e. The van der Waals surface area contributed by atoms with Crippen molar-refractivity contribution in [3.63, 3.8) is 0 Å². The van der Waals surface area contributed by atoms with E-state index in [-0.39, 0.29) is 4.90 Å². The molecule has 2 aromatic carbocycles. The zero-order valence-electron chi connectivity index (χ0n) is 10.6. The molecular weight excluding hydrogens is 319 g/mol. The first-order valence-electron chi connectivity index (χ1n) is 5.72. The molecule has 0 aromatic heterocycles. The number of alkyl halides is 1. The Kier molecular flexibility index (Phi) is 4.58. The molecular formula is C14H12Cl2O3S. The number of benzene rings is 2. The minimum atomic E-state index is -3.21. The van der Waals surface area contributed by atoms with Crippen molar-refractivity contribution >= 4 is 33.0 Å². The number of hydrogen-bond acceptors (Lipinski definition) is 3. The monoisotopic (exact) mass is 330 g/mol. The highest BCUT2D eigenvalue weighted by Gasteiger charge is 2.08. The third kappa shape index (κ3) is 3.66. The zero-order chi connectivity index (χ0) is 14.8. The average Bonchev–Trinajstić information content (AvgIpc) is 2.38. The zero-order valence-corrected chi connectivity index (χ0v) is 13.0. The van der Waals surface area contributed by atoms with Crippen LogP contribution in [0, 0.1) is 0 Å². The van der Waals surface area contributed by atoms with Crippen molar-refractivity contribution in [3.8, 4) is 11.5 Å². The standard InChI is InChI=1S/C14H12Cl2O3S/c1-20(17,18)13-6-4-12(5-7-13)19-14-8-11(16)3-2-10(14)9-15/h2-8H,9H2,1H3. The summed E-state index contributed by atoms with van der Waals surface area (Å²) in [5, 5.41) is 0.543. The second kappa shape index (κ2) is 6.04. The van der Waals surface area contributed by atoms with E-state index < -0.39 is 9.84 Å². The number of hydrogen-bond donors (Lipinski definition) is 0.